The molecular formula is C13H23N3. The molecule has 90 valence electrons. The van der Waals surface area contributed by atoms with E-state index in [1.807, 2.05) is 6.20 Å². The highest BCUT2D eigenvalue weighted by atomic mass is 15.1. The zero-order valence-electron chi connectivity index (χ0n) is 10.6. The van der Waals surface area contributed by atoms with E-state index < -0.39 is 0 Å². The van der Waals surface area contributed by atoms with E-state index >= 15 is 0 Å². The Morgan fingerprint density at radius 1 is 1.56 bits per heavy atom. The second kappa shape index (κ2) is 4.58. The average molecular weight is 221 g/mol. The van der Waals surface area contributed by atoms with Gasteiger partial charge in [0.25, 0.3) is 0 Å². The summed E-state index contributed by atoms with van der Waals surface area (Å²) in [7, 11) is 0. The fraction of sp³-hybridized carbons (Fsp3) is 0.769. The van der Waals surface area contributed by atoms with Crippen molar-refractivity contribution < 1.29 is 0 Å². The molecule has 0 bridgehead atoms. The molecule has 0 aliphatic heterocycles. The van der Waals surface area contributed by atoms with Gasteiger partial charge in [-0.1, -0.05) is 20.3 Å². The number of nitrogens with one attached hydrogen (secondary N) is 2. The molecule has 0 amide bonds. The van der Waals surface area contributed by atoms with Gasteiger partial charge in [-0.25, -0.2) is 0 Å². The van der Waals surface area contributed by atoms with Gasteiger partial charge in [-0.05, 0) is 31.6 Å². The van der Waals surface area contributed by atoms with Crippen LogP contribution in [0, 0.1) is 12.3 Å². The molecule has 0 saturated heterocycles. The van der Waals surface area contributed by atoms with E-state index in [1.165, 1.54) is 36.9 Å². The van der Waals surface area contributed by atoms with Gasteiger partial charge in [-0.3, -0.25) is 5.10 Å². The van der Waals surface area contributed by atoms with Gasteiger partial charge in [0.05, 0.1) is 6.20 Å². The Balaban J connectivity index is 1.84. The summed E-state index contributed by atoms with van der Waals surface area (Å²) in [6, 6.07) is 0.679. The number of rotatable bonds is 3. The van der Waals surface area contributed by atoms with E-state index in [1.54, 1.807) is 0 Å². The maximum absolute atomic E-state index is 4.05. The molecule has 1 fully saturated rings. The standard InChI is InChI=1S/C13H23N3/c1-10-11(9-15-16-10)8-14-12-5-4-6-13(2,3)7-12/h9,12,14H,4-8H2,1-3H3,(H,15,16). The highest BCUT2D eigenvalue weighted by Crippen LogP contribution is 2.35. The van der Waals surface area contributed by atoms with Gasteiger partial charge >= 0.3 is 0 Å². The predicted octanol–water partition coefficient (Wildman–Crippen LogP) is 2.78. The van der Waals surface area contributed by atoms with Crippen molar-refractivity contribution >= 4 is 0 Å². The van der Waals surface area contributed by atoms with E-state index in [9.17, 15) is 0 Å². The van der Waals surface area contributed by atoms with E-state index in [0.29, 0.717) is 11.5 Å². The summed E-state index contributed by atoms with van der Waals surface area (Å²) in [6.45, 7) is 7.78. The van der Waals surface area contributed by atoms with E-state index in [2.05, 4.69) is 36.3 Å². The molecule has 2 rings (SSSR count). The van der Waals surface area contributed by atoms with Gasteiger partial charge in [0.1, 0.15) is 0 Å². The molecule has 1 aliphatic carbocycles. The number of aromatic nitrogens is 2. The molecule has 1 aromatic rings. The van der Waals surface area contributed by atoms with Crippen molar-refractivity contribution in [1.29, 1.82) is 0 Å². The first-order chi connectivity index (χ1) is 7.57. The van der Waals surface area contributed by atoms with Crippen molar-refractivity contribution in [3.63, 3.8) is 0 Å². The van der Waals surface area contributed by atoms with Gasteiger partial charge < -0.3 is 5.32 Å². The molecule has 1 atom stereocenters. The quantitative estimate of drug-likeness (QED) is 0.824. The second-order valence-electron chi connectivity index (χ2n) is 5.86. The highest BCUT2D eigenvalue weighted by molar-refractivity contribution is 5.13. The lowest BCUT2D eigenvalue weighted by Crippen LogP contribution is -2.36. The van der Waals surface area contributed by atoms with Crippen LogP contribution in [0.3, 0.4) is 0 Å². The van der Waals surface area contributed by atoms with Gasteiger partial charge in [0, 0.05) is 23.8 Å². The zero-order chi connectivity index (χ0) is 11.6. The largest absolute Gasteiger partial charge is 0.310 e. The molecule has 1 aliphatic rings. The molecule has 2 N–H and O–H groups in total. The summed E-state index contributed by atoms with van der Waals surface area (Å²) in [6.07, 6.45) is 7.27. The number of hydrogen-bond acceptors (Lipinski definition) is 2. The molecule has 16 heavy (non-hydrogen) atoms. The van der Waals surface area contributed by atoms with Crippen LogP contribution in [-0.4, -0.2) is 16.2 Å². The van der Waals surface area contributed by atoms with Gasteiger partial charge in [0.2, 0.25) is 0 Å². The summed E-state index contributed by atoms with van der Waals surface area (Å²) < 4.78 is 0. The lowest BCUT2D eigenvalue weighted by atomic mass is 9.75. The molecule has 3 heteroatoms. The summed E-state index contributed by atoms with van der Waals surface area (Å²) in [5, 5.41) is 10.7. The Labute approximate surface area is 98.0 Å². The van der Waals surface area contributed by atoms with Crippen LogP contribution in [0.25, 0.3) is 0 Å². The molecule has 1 unspecified atom stereocenters. The Morgan fingerprint density at radius 2 is 2.38 bits per heavy atom. The van der Waals surface area contributed by atoms with Crippen LogP contribution in [0.1, 0.15) is 50.8 Å². The summed E-state index contributed by atoms with van der Waals surface area (Å²) >= 11 is 0. The smallest absolute Gasteiger partial charge is 0.0535 e. The molecule has 1 heterocycles. The minimum atomic E-state index is 0.515. The van der Waals surface area contributed by atoms with Crippen molar-refractivity contribution in [2.45, 2.75) is 59.0 Å². The van der Waals surface area contributed by atoms with E-state index in [0.717, 1.165) is 6.54 Å². The van der Waals surface area contributed by atoms with Crippen LogP contribution in [-0.2, 0) is 6.54 Å². The fourth-order valence-electron chi connectivity index (χ4n) is 2.68. The van der Waals surface area contributed by atoms with Crippen LogP contribution in [0.4, 0.5) is 0 Å². The number of aromatic amines is 1. The number of H-pyrrole nitrogens is 1. The average Bonchev–Trinajstić information content (AvgIpc) is 2.60. The van der Waals surface area contributed by atoms with Gasteiger partial charge in [-0.2, -0.15) is 5.10 Å². The summed E-state index contributed by atoms with van der Waals surface area (Å²) in [4.78, 5) is 0. The number of nitrogens with zero attached hydrogens (tertiary/aromatic N) is 1. The lowest BCUT2D eigenvalue weighted by molar-refractivity contribution is 0.197. The first-order valence-corrected chi connectivity index (χ1v) is 6.29. The van der Waals surface area contributed by atoms with Crippen LogP contribution < -0.4 is 5.32 Å². The van der Waals surface area contributed by atoms with Crippen LogP contribution >= 0.6 is 0 Å². The topological polar surface area (TPSA) is 40.7 Å². The van der Waals surface area contributed by atoms with E-state index in [-0.39, 0.29) is 0 Å². The number of aryl methyl sites for hydroxylation is 1. The molecule has 0 radical (unpaired) electrons. The molecule has 0 spiro atoms. The van der Waals surface area contributed by atoms with Gasteiger partial charge in [-0.15, -0.1) is 0 Å². The Hall–Kier alpha value is -0.830. The molecule has 0 aromatic carbocycles. The predicted molar refractivity (Wildman–Crippen MR) is 66.2 cm³/mol. The summed E-state index contributed by atoms with van der Waals surface area (Å²) in [5.41, 5.74) is 2.99. The van der Waals surface area contributed by atoms with E-state index in [4.69, 9.17) is 0 Å². The highest BCUT2D eigenvalue weighted by Gasteiger charge is 2.27. The number of hydrogen-bond donors (Lipinski definition) is 2. The van der Waals surface area contributed by atoms with Crippen molar-refractivity contribution in [3.05, 3.63) is 17.5 Å². The van der Waals surface area contributed by atoms with Crippen molar-refractivity contribution in [1.82, 2.24) is 15.5 Å². The lowest BCUT2D eigenvalue weighted by Gasteiger charge is -2.35. The third-order valence-corrected chi connectivity index (χ3v) is 3.72. The third kappa shape index (κ3) is 2.85. The maximum atomic E-state index is 4.05. The molecule has 1 aromatic heterocycles. The van der Waals surface area contributed by atoms with Crippen LogP contribution in [0.15, 0.2) is 6.20 Å². The molecule has 1 saturated carbocycles. The zero-order valence-corrected chi connectivity index (χ0v) is 10.6. The molecular weight excluding hydrogens is 198 g/mol. The first kappa shape index (κ1) is 11.6. The van der Waals surface area contributed by atoms with Gasteiger partial charge in [0.15, 0.2) is 0 Å². The Kier molecular flexibility index (Phi) is 3.33. The van der Waals surface area contributed by atoms with Crippen molar-refractivity contribution in [3.8, 4) is 0 Å². The molecule has 3 nitrogen and oxygen atoms in total. The Morgan fingerprint density at radius 3 is 3.00 bits per heavy atom. The normalized spacial score (nSPS) is 24.6. The second-order valence-corrected chi connectivity index (χ2v) is 5.86. The monoisotopic (exact) mass is 221 g/mol. The van der Waals surface area contributed by atoms with Crippen molar-refractivity contribution in [2.24, 2.45) is 5.41 Å². The minimum absolute atomic E-state index is 0.515. The fourth-order valence-corrected chi connectivity index (χ4v) is 2.68. The third-order valence-electron chi connectivity index (χ3n) is 3.72. The SMILES string of the molecule is Cc1[nH]ncc1CNC1CCCC(C)(C)C1. The summed E-state index contributed by atoms with van der Waals surface area (Å²) in [5.74, 6) is 0. The maximum Gasteiger partial charge on any atom is 0.0535 e. The first-order valence-electron chi connectivity index (χ1n) is 6.29. The minimum Gasteiger partial charge on any atom is -0.310 e. The van der Waals surface area contributed by atoms with Crippen LogP contribution in [0.5, 0.6) is 0 Å². The van der Waals surface area contributed by atoms with Crippen molar-refractivity contribution in [2.75, 3.05) is 0 Å². The van der Waals surface area contributed by atoms with Crippen LogP contribution in [0.2, 0.25) is 0 Å². The Bertz CT molecular complexity index is 341.